The van der Waals surface area contributed by atoms with Crippen LogP contribution in [-0.2, 0) is 24.3 Å². The highest BCUT2D eigenvalue weighted by Gasteiger charge is 2.30. The molecule has 27 heavy (non-hydrogen) atoms. The molecule has 2 aromatic carbocycles. The Bertz CT molecular complexity index is 804. The van der Waals surface area contributed by atoms with Crippen molar-refractivity contribution in [2.45, 2.75) is 32.4 Å². The number of amides is 1. The largest absolute Gasteiger partial charge is 0.497 e. The summed E-state index contributed by atoms with van der Waals surface area (Å²) in [5.41, 5.74) is 3.94. The normalized spacial score (nSPS) is 20.2. The van der Waals surface area contributed by atoms with Crippen LogP contribution < -0.4 is 4.74 Å². The molecule has 4 heteroatoms. The molecule has 2 aromatic rings. The molecule has 0 N–H and O–H groups in total. The van der Waals surface area contributed by atoms with Crippen molar-refractivity contribution in [3.05, 3.63) is 65.2 Å². The van der Waals surface area contributed by atoms with Crippen LogP contribution in [0.5, 0.6) is 5.75 Å². The number of hydrogen-bond acceptors (Lipinski definition) is 3. The Hall–Kier alpha value is -2.33. The first-order valence-electron chi connectivity index (χ1n) is 9.94. The molecule has 0 radical (unpaired) electrons. The molecule has 0 spiro atoms. The summed E-state index contributed by atoms with van der Waals surface area (Å²) in [6, 6.07) is 16.7. The van der Waals surface area contributed by atoms with Gasteiger partial charge in [-0.25, -0.2) is 0 Å². The third-order valence-corrected chi connectivity index (χ3v) is 5.84. The number of hydrogen-bond donors (Lipinski definition) is 0. The van der Waals surface area contributed by atoms with Crippen molar-refractivity contribution >= 4 is 5.91 Å². The van der Waals surface area contributed by atoms with E-state index in [4.69, 9.17) is 4.74 Å². The Morgan fingerprint density at radius 1 is 1.11 bits per heavy atom. The molecule has 1 atom stereocenters. The molecule has 2 heterocycles. The summed E-state index contributed by atoms with van der Waals surface area (Å²) >= 11 is 0. The molecule has 1 unspecified atom stereocenters. The van der Waals surface area contributed by atoms with Gasteiger partial charge in [-0.2, -0.15) is 0 Å². The lowest BCUT2D eigenvalue weighted by molar-refractivity contribution is -0.138. The van der Waals surface area contributed by atoms with Crippen molar-refractivity contribution in [1.29, 1.82) is 0 Å². The first-order valence-corrected chi connectivity index (χ1v) is 9.94. The Labute approximate surface area is 161 Å². The lowest BCUT2D eigenvalue weighted by Crippen LogP contribution is -2.46. The van der Waals surface area contributed by atoms with Crippen LogP contribution >= 0.6 is 0 Å². The van der Waals surface area contributed by atoms with Crippen molar-refractivity contribution in [3.63, 3.8) is 0 Å². The van der Waals surface area contributed by atoms with Crippen molar-refractivity contribution in [1.82, 2.24) is 9.80 Å². The molecule has 1 amide bonds. The van der Waals surface area contributed by atoms with E-state index in [1.165, 1.54) is 16.7 Å². The van der Waals surface area contributed by atoms with Gasteiger partial charge in [-0.1, -0.05) is 36.4 Å². The summed E-state index contributed by atoms with van der Waals surface area (Å²) < 4.78 is 5.33. The van der Waals surface area contributed by atoms with E-state index < -0.39 is 0 Å². The van der Waals surface area contributed by atoms with E-state index in [1.807, 2.05) is 12.1 Å². The Morgan fingerprint density at radius 2 is 1.96 bits per heavy atom. The number of piperidine rings is 1. The summed E-state index contributed by atoms with van der Waals surface area (Å²) in [5.74, 6) is 1.35. The maximum absolute atomic E-state index is 13.1. The van der Waals surface area contributed by atoms with Crippen LogP contribution in [0.3, 0.4) is 0 Å². The van der Waals surface area contributed by atoms with Crippen LogP contribution in [0.1, 0.15) is 29.5 Å². The van der Waals surface area contributed by atoms with Gasteiger partial charge in [0.25, 0.3) is 0 Å². The zero-order valence-corrected chi connectivity index (χ0v) is 16.1. The van der Waals surface area contributed by atoms with E-state index in [0.717, 1.165) is 57.7 Å². The highest BCUT2D eigenvalue weighted by atomic mass is 16.5. The Balaban J connectivity index is 1.38. The number of ether oxygens (including phenoxy) is 1. The molecule has 1 saturated heterocycles. The van der Waals surface area contributed by atoms with Crippen LogP contribution in [-0.4, -0.2) is 42.5 Å². The first kappa shape index (κ1) is 18.1. The second-order valence-corrected chi connectivity index (χ2v) is 7.70. The highest BCUT2D eigenvalue weighted by Crippen LogP contribution is 2.25. The second-order valence-electron chi connectivity index (χ2n) is 7.70. The standard InChI is InChI=1S/C23H28N2O2/c1-27-22-10-4-6-18(14-22)15-24-12-5-9-21(16-24)23(26)25-13-11-19-7-2-3-8-20(19)17-25/h2-4,6-8,10,14,21H,5,9,11-13,15-17H2,1H3. The van der Waals surface area contributed by atoms with Crippen LogP contribution in [0.4, 0.5) is 0 Å². The number of carbonyl (C=O) groups excluding carboxylic acids is 1. The molecule has 1 fully saturated rings. The minimum atomic E-state index is 0.120. The number of benzene rings is 2. The topological polar surface area (TPSA) is 32.8 Å². The fraction of sp³-hybridized carbons (Fsp3) is 0.435. The average molecular weight is 364 g/mol. The van der Waals surface area contributed by atoms with E-state index in [2.05, 4.69) is 46.2 Å². The van der Waals surface area contributed by atoms with Gasteiger partial charge in [-0.15, -0.1) is 0 Å². The number of methoxy groups -OCH3 is 1. The van der Waals surface area contributed by atoms with E-state index in [9.17, 15) is 4.79 Å². The van der Waals surface area contributed by atoms with Gasteiger partial charge in [0, 0.05) is 26.2 Å². The first-order chi connectivity index (χ1) is 13.2. The molecule has 0 aromatic heterocycles. The van der Waals surface area contributed by atoms with Crippen molar-refractivity contribution in [2.75, 3.05) is 26.7 Å². The zero-order valence-electron chi connectivity index (χ0n) is 16.1. The third kappa shape index (κ3) is 4.16. The lowest BCUT2D eigenvalue weighted by Gasteiger charge is -2.36. The summed E-state index contributed by atoms with van der Waals surface area (Å²) in [6.07, 6.45) is 3.07. The smallest absolute Gasteiger partial charge is 0.227 e. The zero-order chi connectivity index (χ0) is 18.6. The number of rotatable bonds is 4. The number of likely N-dealkylation sites (tertiary alicyclic amines) is 1. The number of fused-ring (bicyclic) bond motifs is 1. The fourth-order valence-electron chi connectivity index (χ4n) is 4.37. The number of nitrogens with zero attached hydrogens (tertiary/aromatic N) is 2. The summed E-state index contributed by atoms with van der Waals surface area (Å²) in [4.78, 5) is 17.6. The van der Waals surface area contributed by atoms with E-state index in [1.54, 1.807) is 7.11 Å². The van der Waals surface area contributed by atoms with Crippen LogP contribution in [0.2, 0.25) is 0 Å². The van der Waals surface area contributed by atoms with Gasteiger partial charge in [0.15, 0.2) is 0 Å². The fourth-order valence-corrected chi connectivity index (χ4v) is 4.37. The van der Waals surface area contributed by atoms with Gasteiger partial charge in [-0.3, -0.25) is 9.69 Å². The maximum Gasteiger partial charge on any atom is 0.227 e. The minimum absolute atomic E-state index is 0.120. The predicted octanol–water partition coefficient (Wildman–Crippen LogP) is 3.49. The lowest BCUT2D eigenvalue weighted by atomic mass is 9.93. The molecule has 4 nitrogen and oxygen atoms in total. The summed E-state index contributed by atoms with van der Waals surface area (Å²) in [7, 11) is 1.70. The van der Waals surface area contributed by atoms with Gasteiger partial charge in [0.1, 0.15) is 5.75 Å². The van der Waals surface area contributed by atoms with Gasteiger partial charge in [-0.05, 0) is 54.6 Å². The Morgan fingerprint density at radius 3 is 2.81 bits per heavy atom. The SMILES string of the molecule is COc1cccc(CN2CCCC(C(=O)N3CCc4ccccc4C3)C2)c1. The molecule has 0 aliphatic carbocycles. The van der Waals surface area contributed by atoms with Gasteiger partial charge in [0.2, 0.25) is 5.91 Å². The molecule has 0 saturated carbocycles. The van der Waals surface area contributed by atoms with E-state index in [0.29, 0.717) is 5.91 Å². The molecule has 2 aliphatic heterocycles. The van der Waals surface area contributed by atoms with Crippen LogP contribution in [0.25, 0.3) is 0 Å². The predicted molar refractivity (Wildman–Crippen MR) is 107 cm³/mol. The Kier molecular flexibility index (Phi) is 5.44. The molecule has 4 rings (SSSR count). The monoisotopic (exact) mass is 364 g/mol. The van der Waals surface area contributed by atoms with Gasteiger partial charge >= 0.3 is 0 Å². The van der Waals surface area contributed by atoms with E-state index >= 15 is 0 Å². The van der Waals surface area contributed by atoms with Crippen LogP contribution in [0, 0.1) is 5.92 Å². The summed E-state index contributed by atoms with van der Waals surface area (Å²) in [5, 5.41) is 0. The molecule has 2 aliphatic rings. The molecule has 0 bridgehead atoms. The molecule has 142 valence electrons. The van der Waals surface area contributed by atoms with Crippen molar-refractivity contribution < 1.29 is 9.53 Å². The van der Waals surface area contributed by atoms with Gasteiger partial charge in [0.05, 0.1) is 13.0 Å². The van der Waals surface area contributed by atoms with Crippen molar-refractivity contribution in [2.24, 2.45) is 5.92 Å². The average Bonchev–Trinajstić information content (AvgIpc) is 2.73. The maximum atomic E-state index is 13.1. The third-order valence-electron chi connectivity index (χ3n) is 5.84. The summed E-state index contributed by atoms with van der Waals surface area (Å²) in [6.45, 7) is 4.41. The molecular weight excluding hydrogens is 336 g/mol. The minimum Gasteiger partial charge on any atom is -0.497 e. The molecular formula is C23H28N2O2. The number of carbonyl (C=O) groups is 1. The van der Waals surface area contributed by atoms with Gasteiger partial charge < -0.3 is 9.64 Å². The highest BCUT2D eigenvalue weighted by molar-refractivity contribution is 5.79. The second kappa shape index (κ2) is 8.13. The van der Waals surface area contributed by atoms with E-state index in [-0.39, 0.29) is 5.92 Å². The van der Waals surface area contributed by atoms with Crippen LogP contribution in [0.15, 0.2) is 48.5 Å². The quantitative estimate of drug-likeness (QED) is 0.833. The van der Waals surface area contributed by atoms with Crippen molar-refractivity contribution in [3.8, 4) is 5.75 Å².